The summed E-state index contributed by atoms with van der Waals surface area (Å²) < 4.78 is 15.4. The van der Waals surface area contributed by atoms with Gasteiger partial charge in [-0.15, -0.1) is 7.75 Å². The van der Waals surface area contributed by atoms with Gasteiger partial charge in [-0.3, -0.25) is 0 Å². The zero-order chi connectivity index (χ0) is 18.4. The average Bonchev–Trinajstić information content (AvgIpc) is 3.38. The predicted molar refractivity (Wildman–Crippen MR) is 107 cm³/mol. The molecule has 1 aromatic carbocycles. The van der Waals surface area contributed by atoms with E-state index in [0.717, 1.165) is 29.2 Å². The van der Waals surface area contributed by atoms with E-state index >= 15 is 0 Å². The number of fused-ring (bicyclic) bond motifs is 3. The molecule has 5 nitrogen and oxygen atoms in total. The first-order valence-corrected chi connectivity index (χ1v) is 9.70. The van der Waals surface area contributed by atoms with Crippen LogP contribution < -0.4 is 19.2 Å². The van der Waals surface area contributed by atoms with Crippen LogP contribution in [0.4, 0.5) is 0 Å². The minimum absolute atomic E-state index is 0.295. The van der Waals surface area contributed by atoms with Crippen LogP contribution in [0.2, 0.25) is 0 Å². The second kappa shape index (κ2) is 6.40. The summed E-state index contributed by atoms with van der Waals surface area (Å²) in [6, 6.07) is 12.5. The van der Waals surface area contributed by atoms with E-state index in [4.69, 9.17) is 15.2 Å². The maximum Gasteiger partial charge on any atom is 0.241 e. The summed E-state index contributed by atoms with van der Waals surface area (Å²) in [5, 5.41) is 0. The highest BCUT2D eigenvalue weighted by atomic mass is 32.1. The maximum atomic E-state index is 5.90. The fourth-order valence-corrected chi connectivity index (χ4v) is 4.78. The average molecular weight is 378 g/mol. The van der Waals surface area contributed by atoms with Crippen LogP contribution in [0, 0.1) is 6.92 Å². The molecule has 0 saturated carbocycles. The Morgan fingerprint density at radius 1 is 1.19 bits per heavy atom. The van der Waals surface area contributed by atoms with Crippen LogP contribution in [-0.4, -0.2) is 17.1 Å². The third kappa shape index (κ3) is 2.69. The van der Waals surface area contributed by atoms with Gasteiger partial charge in [-0.05, 0) is 61.9 Å². The molecule has 6 heteroatoms. The number of benzene rings is 1. The molecule has 3 aliphatic heterocycles. The number of rotatable bonds is 4. The number of nitrogens with two attached hydrogens (primary N) is 1. The van der Waals surface area contributed by atoms with Crippen LogP contribution in [0.5, 0.6) is 11.5 Å². The molecule has 5 rings (SSSR count). The van der Waals surface area contributed by atoms with Crippen molar-refractivity contribution >= 4 is 29.4 Å². The van der Waals surface area contributed by atoms with Gasteiger partial charge in [0.1, 0.15) is 11.9 Å². The first kappa shape index (κ1) is 16.4. The van der Waals surface area contributed by atoms with Crippen LogP contribution in [0.3, 0.4) is 0 Å². The van der Waals surface area contributed by atoms with Crippen molar-refractivity contribution in [2.45, 2.75) is 13.3 Å². The maximum absolute atomic E-state index is 5.90. The van der Waals surface area contributed by atoms with E-state index in [1.807, 2.05) is 18.2 Å². The van der Waals surface area contributed by atoms with Gasteiger partial charge in [0.2, 0.25) is 18.5 Å². The first-order valence-electron chi connectivity index (χ1n) is 8.97. The van der Waals surface area contributed by atoms with E-state index in [0.29, 0.717) is 13.3 Å². The highest BCUT2D eigenvalue weighted by molar-refractivity contribution is 6.96. The Balaban J connectivity index is 1.61. The monoisotopic (exact) mass is 378 g/mol. The minimum Gasteiger partial charge on any atom is -0.454 e. The van der Waals surface area contributed by atoms with Gasteiger partial charge >= 0.3 is 0 Å². The zero-order valence-electron chi connectivity index (χ0n) is 15.0. The smallest absolute Gasteiger partial charge is 0.241 e. The van der Waals surface area contributed by atoms with Gasteiger partial charge in [0.25, 0.3) is 0 Å². The van der Waals surface area contributed by atoms with Crippen molar-refractivity contribution in [1.29, 1.82) is 0 Å². The molecule has 0 spiro atoms. The molecule has 2 aromatic rings. The minimum atomic E-state index is 0.295. The van der Waals surface area contributed by atoms with Crippen LogP contribution in [0.15, 0.2) is 42.6 Å². The van der Waals surface area contributed by atoms with E-state index in [2.05, 4.69) is 51.2 Å². The summed E-state index contributed by atoms with van der Waals surface area (Å²) in [5.74, 6) is 1.61. The molecule has 0 atom stereocenters. The van der Waals surface area contributed by atoms with Crippen molar-refractivity contribution in [3.63, 3.8) is 0 Å². The van der Waals surface area contributed by atoms with Crippen LogP contribution in [0.25, 0.3) is 23.4 Å². The predicted octanol–water partition coefficient (Wildman–Crippen LogP) is 3.42. The molecule has 0 radical (unpaired) electrons. The van der Waals surface area contributed by atoms with Crippen molar-refractivity contribution in [2.24, 2.45) is 5.73 Å². The van der Waals surface area contributed by atoms with Gasteiger partial charge in [0, 0.05) is 5.56 Å². The molecule has 0 saturated heterocycles. The Labute approximate surface area is 161 Å². The molecular weight excluding hydrogens is 358 g/mol. The summed E-state index contributed by atoms with van der Waals surface area (Å²) in [5.41, 5.74) is 13.2. The van der Waals surface area contributed by atoms with Crippen LogP contribution >= 0.6 is 11.7 Å². The molecule has 0 bridgehead atoms. The van der Waals surface area contributed by atoms with Gasteiger partial charge in [-0.1, -0.05) is 12.1 Å². The molecule has 4 heterocycles. The van der Waals surface area contributed by atoms with E-state index in [1.165, 1.54) is 22.3 Å². The number of hydrogen-bond acceptors (Lipinski definition) is 4. The highest BCUT2D eigenvalue weighted by Crippen LogP contribution is 2.33. The number of nitrogens with zero attached hydrogens (tertiary/aromatic N) is 2. The van der Waals surface area contributed by atoms with Crippen LogP contribution in [0.1, 0.15) is 22.4 Å². The van der Waals surface area contributed by atoms with E-state index in [9.17, 15) is 0 Å². The molecule has 1 aromatic heterocycles. The lowest BCUT2D eigenvalue weighted by atomic mass is 10.1. The molecule has 27 heavy (non-hydrogen) atoms. The van der Waals surface area contributed by atoms with Crippen molar-refractivity contribution in [3.8, 4) is 17.2 Å². The van der Waals surface area contributed by atoms with Crippen LogP contribution in [-0.2, 0) is 6.42 Å². The molecule has 0 aliphatic carbocycles. The Morgan fingerprint density at radius 2 is 2.07 bits per heavy atom. The fraction of sp³-hybridized carbons (Fsp3) is 0.190. The third-order valence-corrected chi connectivity index (χ3v) is 5.94. The Bertz CT molecular complexity index is 1140. The quantitative estimate of drug-likeness (QED) is 0.554. The Hall–Kier alpha value is -2.83. The summed E-state index contributed by atoms with van der Waals surface area (Å²) in [6.45, 7) is 3.10. The first-order chi connectivity index (χ1) is 13.2. The third-order valence-electron chi connectivity index (χ3n) is 4.89. The number of ether oxygens (including phenoxy) is 2. The van der Waals surface area contributed by atoms with E-state index in [1.54, 1.807) is 11.7 Å². The van der Waals surface area contributed by atoms with Crippen molar-refractivity contribution in [3.05, 3.63) is 65.0 Å². The number of aryl methyl sites for hydroxylation is 1. The SMILES string of the molecule is Cc1cc(/C=C/c2ccc3c(c2)OCO3)n2s[n+]3cccc-3c(CCN)c12. The van der Waals surface area contributed by atoms with Crippen molar-refractivity contribution in [2.75, 3.05) is 13.3 Å². The molecular formula is C21H20N3O2S+. The zero-order valence-corrected chi connectivity index (χ0v) is 15.8. The Morgan fingerprint density at radius 3 is 2.96 bits per heavy atom. The molecule has 2 N–H and O–H groups in total. The summed E-state index contributed by atoms with van der Waals surface area (Å²) in [6.07, 6.45) is 7.22. The molecule has 0 unspecified atom stereocenters. The van der Waals surface area contributed by atoms with Crippen molar-refractivity contribution < 1.29 is 13.4 Å². The van der Waals surface area contributed by atoms with Crippen molar-refractivity contribution in [1.82, 2.24) is 3.79 Å². The van der Waals surface area contributed by atoms with E-state index in [-0.39, 0.29) is 0 Å². The van der Waals surface area contributed by atoms with Gasteiger partial charge < -0.3 is 15.2 Å². The summed E-state index contributed by atoms with van der Waals surface area (Å²) >= 11 is 1.70. The number of hydrogen-bond donors (Lipinski definition) is 1. The Kier molecular flexibility index (Phi) is 3.88. The molecule has 136 valence electrons. The lowest BCUT2D eigenvalue weighted by Crippen LogP contribution is -2.28. The molecule has 0 fully saturated rings. The summed E-state index contributed by atoms with van der Waals surface area (Å²) in [4.78, 5) is 0. The topological polar surface area (TPSA) is 52.8 Å². The summed E-state index contributed by atoms with van der Waals surface area (Å²) in [7, 11) is 0. The van der Waals surface area contributed by atoms with Gasteiger partial charge in [0.05, 0.1) is 5.56 Å². The lowest BCUT2D eigenvalue weighted by Gasteiger charge is -2.05. The lowest BCUT2D eigenvalue weighted by molar-refractivity contribution is -0.520. The highest BCUT2D eigenvalue weighted by Gasteiger charge is 2.24. The van der Waals surface area contributed by atoms with Gasteiger partial charge in [-0.2, -0.15) is 0 Å². The second-order valence-corrected chi connectivity index (χ2v) is 7.58. The van der Waals surface area contributed by atoms with Gasteiger partial charge in [0.15, 0.2) is 22.7 Å². The second-order valence-electron chi connectivity index (χ2n) is 6.66. The fourth-order valence-electron chi connectivity index (χ4n) is 3.67. The normalized spacial score (nSPS) is 13.4. The molecule has 3 aliphatic rings. The number of aromatic nitrogens is 2. The largest absolute Gasteiger partial charge is 0.454 e. The molecule has 0 amide bonds. The van der Waals surface area contributed by atoms with E-state index < -0.39 is 0 Å². The standard InChI is InChI=1S/C21H20N3O2S/c1-14-11-16(6-4-15-5-7-19-20(12-15)26-13-25-19)24-21(14)17(8-9-22)18-3-2-10-23(18)27-24/h2-7,10-12H,8-9,13,22H2,1H3/q+1/b6-4+. The van der Waals surface area contributed by atoms with Gasteiger partial charge in [-0.25, -0.2) is 0 Å².